The normalized spacial score (nSPS) is 10.3. The van der Waals surface area contributed by atoms with E-state index in [2.05, 4.69) is 23.9 Å². The Labute approximate surface area is 75.8 Å². The lowest BCUT2D eigenvalue weighted by atomic mass is 10.7. The highest BCUT2D eigenvalue weighted by Gasteiger charge is 1.92. The van der Waals surface area contributed by atoms with Crippen molar-refractivity contribution in [3.63, 3.8) is 0 Å². The molecule has 2 N–H and O–H groups in total. The van der Waals surface area contributed by atoms with Gasteiger partial charge in [-0.2, -0.15) is 0 Å². The van der Waals surface area contributed by atoms with E-state index < -0.39 is 10.0 Å². The molecule has 0 rings (SSSR count). The summed E-state index contributed by atoms with van der Waals surface area (Å²) in [6, 6.07) is 0. The minimum Gasteiger partial charge on any atom is -0.317 e. The van der Waals surface area contributed by atoms with Crippen molar-refractivity contribution >= 4 is 10.0 Å². The molecule has 4 nitrogen and oxygen atoms in total. The van der Waals surface area contributed by atoms with E-state index in [9.17, 15) is 8.42 Å². The Balaban J connectivity index is 0. The van der Waals surface area contributed by atoms with Gasteiger partial charge in [0.05, 0.1) is 6.26 Å². The summed E-state index contributed by atoms with van der Waals surface area (Å²) in [6.07, 6.45) is 1.14. The van der Waals surface area contributed by atoms with Gasteiger partial charge in [-0.05, 0) is 13.1 Å². The van der Waals surface area contributed by atoms with Crippen LogP contribution in [0.25, 0.3) is 0 Å². The lowest BCUT2D eigenvalue weighted by Crippen LogP contribution is -2.20. The molecule has 0 aromatic carbocycles. The summed E-state index contributed by atoms with van der Waals surface area (Å²) in [6.45, 7) is 8.60. The van der Waals surface area contributed by atoms with E-state index in [1.54, 1.807) is 6.92 Å². The molecule has 0 radical (unpaired) electrons. The van der Waals surface area contributed by atoms with Crippen molar-refractivity contribution in [2.24, 2.45) is 0 Å². The summed E-state index contributed by atoms with van der Waals surface area (Å²) in [7, 11) is -2.92. The second-order valence-electron chi connectivity index (χ2n) is 2.23. The molecule has 0 aliphatic heterocycles. The molecule has 5 heteroatoms. The zero-order chi connectivity index (χ0) is 10.0. The highest BCUT2D eigenvalue weighted by Crippen LogP contribution is 1.67. The van der Waals surface area contributed by atoms with Gasteiger partial charge in [-0.3, -0.25) is 0 Å². The first-order valence-electron chi connectivity index (χ1n) is 4.13. The molecule has 0 saturated carbocycles. The van der Waals surface area contributed by atoms with E-state index in [0.29, 0.717) is 6.54 Å². The second kappa shape index (κ2) is 8.96. The first-order valence-corrected chi connectivity index (χ1v) is 6.02. The number of sulfonamides is 1. The van der Waals surface area contributed by atoms with Crippen LogP contribution in [0.2, 0.25) is 0 Å². The van der Waals surface area contributed by atoms with Crippen LogP contribution >= 0.6 is 0 Å². The van der Waals surface area contributed by atoms with Gasteiger partial charge in [-0.15, -0.1) is 0 Å². The molecule has 0 aliphatic carbocycles. The molecule has 0 aromatic rings. The van der Waals surface area contributed by atoms with Crippen molar-refractivity contribution in [3.05, 3.63) is 0 Å². The van der Waals surface area contributed by atoms with Crippen LogP contribution in [0.3, 0.4) is 0 Å². The summed E-state index contributed by atoms with van der Waals surface area (Å²) in [5.74, 6) is 0. The van der Waals surface area contributed by atoms with Gasteiger partial charge in [-0.1, -0.05) is 20.8 Å². The number of rotatable bonds is 4. The number of hydrogen-bond donors (Lipinski definition) is 2. The molecule has 0 aromatic heterocycles. The molecule has 0 amide bonds. The Bertz CT molecular complexity index is 164. The van der Waals surface area contributed by atoms with Crippen molar-refractivity contribution in [2.45, 2.75) is 20.8 Å². The fourth-order valence-electron chi connectivity index (χ4n) is 0.512. The van der Waals surface area contributed by atoms with E-state index in [-0.39, 0.29) is 0 Å². The molecule has 0 bridgehead atoms. The largest absolute Gasteiger partial charge is 0.317 e. The molecule has 76 valence electrons. The zero-order valence-electron chi connectivity index (χ0n) is 8.35. The van der Waals surface area contributed by atoms with Gasteiger partial charge in [0.15, 0.2) is 0 Å². The Morgan fingerprint density at radius 1 is 1.00 bits per heavy atom. The fourth-order valence-corrected chi connectivity index (χ4v) is 1.04. The van der Waals surface area contributed by atoms with Crippen molar-refractivity contribution in [2.75, 3.05) is 25.9 Å². The van der Waals surface area contributed by atoms with Gasteiger partial charge in [-0.25, -0.2) is 13.1 Å². The topological polar surface area (TPSA) is 58.2 Å². The standard InChI is InChI=1S/C4H11N.C3H9NO2S/c1-3-5-4-2;1-3-4-7(2,5)6/h5H,3-4H2,1-2H3;4H,3H2,1-2H3. The summed E-state index contributed by atoms with van der Waals surface area (Å²) in [4.78, 5) is 0. The van der Waals surface area contributed by atoms with Gasteiger partial charge >= 0.3 is 0 Å². The fraction of sp³-hybridized carbons (Fsp3) is 1.00. The zero-order valence-corrected chi connectivity index (χ0v) is 9.16. The highest BCUT2D eigenvalue weighted by atomic mass is 32.2. The summed E-state index contributed by atoms with van der Waals surface area (Å²) >= 11 is 0. The lowest BCUT2D eigenvalue weighted by molar-refractivity contribution is 0.590. The van der Waals surface area contributed by atoms with Crippen molar-refractivity contribution < 1.29 is 8.42 Å². The lowest BCUT2D eigenvalue weighted by Gasteiger charge is -1.91. The van der Waals surface area contributed by atoms with Crippen LogP contribution in [0.5, 0.6) is 0 Å². The van der Waals surface area contributed by atoms with E-state index in [4.69, 9.17) is 0 Å². The van der Waals surface area contributed by atoms with Crippen LogP contribution in [0.15, 0.2) is 0 Å². The average Bonchev–Trinajstić information content (AvgIpc) is 1.87. The second-order valence-corrected chi connectivity index (χ2v) is 4.06. The van der Waals surface area contributed by atoms with Gasteiger partial charge in [0.25, 0.3) is 0 Å². The molecule has 0 heterocycles. The van der Waals surface area contributed by atoms with Crippen molar-refractivity contribution in [3.8, 4) is 0 Å². The summed E-state index contributed by atoms with van der Waals surface area (Å²) in [5.41, 5.74) is 0. The van der Waals surface area contributed by atoms with Gasteiger partial charge in [0, 0.05) is 6.54 Å². The third kappa shape index (κ3) is 22.5. The number of nitrogens with one attached hydrogen (secondary N) is 2. The predicted octanol–water partition coefficient (Wildman–Crippen LogP) is 0.171. The SMILES string of the molecule is CCNCC.CCNS(C)(=O)=O. The molecular weight excluding hydrogens is 176 g/mol. The van der Waals surface area contributed by atoms with Crippen LogP contribution < -0.4 is 10.0 Å². The molecule has 0 aliphatic rings. The van der Waals surface area contributed by atoms with Gasteiger partial charge < -0.3 is 5.32 Å². The van der Waals surface area contributed by atoms with Crippen LogP contribution in [0, 0.1) is 0 Å². The third-order valence-corrected chi connectivity index (χ3v) is 1.72. The quantitative estimate of drug-likeness (QED) is 0.674. The maximum atomic E-state index is 10.1. The van der Waals surface area contributed by atoms with Crippen molar-refractivity contribution in [1.82, 2.24) is 10.0 Å². The maximum absolute atomic E-state index is 10.1. The Hall–Kier alpha value is -0.130. The molecule has 0 saturated heterocycles. The Kier molecular flexibility index (Phi) is 10.8. The molecule has 0 atom stereocenters. The maximum Gasteiger partial charge on any atom is 0.208 e. The monoisotopic (exact) mass is 196 g/mol. The van der Waals surface area contributed by atoms with Crippen LogP contribution in [0.1, 0.15) is 20.8 Å². The molecule has 0 spiro atoms. The highest BCUT2D eigenvalue weighted by molar-refractivity contribution is 7.88. The van der Waals surface area contributed by atoms with Crippen molar-refractivity contribution in [1.29, 1.82) is 0 Å². The number of hydrogen-bond acceptors (Lipinski definition) is 3. The Morgan fingerprint density at radius 3 is 1.42 bits per heavy atom. The van der Waals surface area contributed by atoms with Gasteiger partial charge in [0.2, 0.25) is 10.0 Å². The minimum atomic E-state index is -2.92. The Morgan fingerprint density at radius 2 is 1.42 bits per heavy atom. The first kappa shape index (κ1) is 14.4. The van der Waals surface area contributed by atoms with Gasteiger partial charge in [0.1, 0.15) is 0 Å². The smallest absolute Gasteiger partial charge is 0.208 e. The molecule has 0 unspecified atom stereocenters. The van der Waals surface area contributed by atoms with Crippen LogP contribution in [0.4, 0.5) is 0 Å². The van der Waals surface area contributed by atoms with E-state index >= 15 is 0 Å². The molecule has 12 heavy (non-hydrogen) atoms. The van der Waals surface area contributed by atoms with E-state index in [0.717, 1.165) is 19.3 Å². The minimum absolute atomic E-state index is 0.471. The summed E-state index contributed by atoms with van der Waals surface area (Å²) < 4.78 is 22.5. The van der Waals surface area contributed by atoms with Crippen LogP contribution in [-0.4, -0.2) is 34.3 Å². The first-order chi connectivity index (χ1) is 5.47. The molecular formula is C7H20N2O2S. The van der Waals surface area contributed by atoms with E-state index in [1.165, 1.54) is 0 Å². The predicted molar refractivity (Wildman–Crippen MR) is 52.7 cm³/mol. The third-order valence-electron chi connectivity index (χ3n) is 0.907. The van der Waals surface area contributed by atoms with E-state index in [1.807, 2.05) is 0 Å². The average molecular weight is 196 g/mol. The van der Waals surface area contributed by atoms with Crippen LogP contribution in [-0.2, 0) is 10.0 Å². The summed E-state index contributed by atoms with van der Waals surface area (Å²) in [5, 5.41) is 3.11. The molecule has 0 fully saturated rings.